The van der Waals surface area contributed by atoms with Crippen molar-refractivity contribution in [2.24, 2.45) is 7.05 Å². The van der Waals surface area contributed by atoms with E-state index in [-0.39, 0.29) is 31.9 Å². The molecular weight excluding hydrogens is 440 g/mol. The summed E-state index contributed by atoms with van der Waals surface area (Å²) < 4.78 is 6.88. The summed E-state index contributed by atoms with van der Waals surface area (Å²) in [5.41, 5.74) is 4.33. The van der Waals surface area contributed by atoms with Crippen LogP contribution < -0.4 is 10.6 Å². The van der Waals surface area contributed by atoms with Crippen LogP contribution in [0.25, 0.3) is 11.1 Å². The molecule has 0 saturated heterocycles. The minimum Gasteiger partial charge on any atom is -0.481 e. The number of fused-ring (bicyclic) bond motifs is 3. The second-order valence-corrected chi connectivity index (χ2v) is 7.89. The number of aromatic nitrogens is 4. The third-order valence-electron chi connectivity index (χ3n) is 5.73. The van der Waals surface area contributed by atoms with E-state index in [4.69, 9.17) is 9.84 Å². The molecule has 1 heterocycles. The molecule has 0 aliphatic heterocycles. The Morgan fingerprint density at radius 1 is 1.09 bits per heavy atom. The van der Waals surface area contributed by atoms with E-state index in [0.717, 1.165) is 22.3 Å². The molecule has 11 heteroatoms. The number of hydrogen-bond acceptors (Lipinski definition) is 7. The Kier molecular flexibility index (Phi) is 6.81. The van der Waals surface area contributed by atoms with E-state index in [0.29, 0.717) is 5.82 Å². The van der Waals surface area contributed by atoms with E-state index in [1.807, 2.05) is 48.5 Å². The second kappa shape index (κ2) is 10.1. The number of carboxylic acids is 1. The first-order valence-corrected chi connectivity index (χ1v) is 10.8. The number of nitrogens with one attached hydrogen (secondary N) is 2. The number of carboxylic acid groups (broad SMARTS) is 1. The summed E-state index contributed by atoms with van der Waals surface area (Å²) in [6.07, 6.45) is -1.19. The first-order chi connectivity index (χ1) is 16.4. The second-order valence-electron chi connectivity index (χ2n) is 7.89. The third-order valence-corrected chi connectivity index (χ3v) is 5.73. The highest BCUT2D eigenvalue weighted by atomic mass is 16.5. The highest BCUT2D eigenvalue weighted by Crippen LogP contribution is 2.44. The molecule has 1 aliphatic carbocycles. The Bertz CT molecular complexity index is 1160. The van der Waals surface area contributed by atoms with Gasteiger partial charge in [0.2, 0.25) is 5.91 Å². The number of ether oxygens (including phenoxy) is 1. The summed E-state index contributed by atoms with van der Waals surface area (Å²) >= 11 is 0. The molecule has 0 radical (unpaired) electrons. The van der Waals surface area contributed by atoms with Gasteiger partial charge in [-0.05, 0) is 39.1 Å². The molecule has 3 N–H and O–H groups in total. The molecule has 2 aromatic carbocycles. The van der Waals surface area contributed by atoms with Crippen LogP contribution in [-0.4, -0.2) is 55.9 Å². The molecule has 34 heavy (non-hydrogen) atoms. The number of carbonyl (C=O) groups is 3. The molecule has 0 bridgehead atoms. The van der Waals surface area contributed by atoms with Crippen molar-refractivity contribution in [2.75, 3.05) is 6.61 Å². The number of tetrazole rings is 1. The van der Waals surface area contributed by atoms with Crippen LogP contribution in [0.15, 0.2) is 48.5 Å². The number of aryl methyl sites for hydroxylation is 1. The Morgan fingerprint density at radius 3 is 2.32 bits per heavy atom. The molecule has 3 aromatic rings. The molecule has 0 fully saturated rings. The van der Waals surface area contributed by atoms with Crippen LogP contribution >= 0.6 is 0 Å². The highest BCUT2D eigenvalue weighted by Gasteiger charge is 2.30. The van der Waals surface area contributed by atoms with E-state index in [1.54, 1.807) is 7.05 Å². The average Bonchev–Trinajstić information content (AvgIpc) is 3.39. The lowest BCUT2D eigenvalue weighted by Gasteiger charge is -2.19. The van der Waals surface area contributed by atoms with E-state index < -0.39 is 24.0 Å². The maximum Gasteiger partial charge on any atom is 0.407 e. The van der Waals surface area contributed by atoms with Crippen molar-refractivity contribution in [2.45, 2.75) is 31.3 Å². The standard InChI is InChI=1S/C23H24N6O5/c1-29-20(26-27-28-29)12-24-22(32)19(10-11-21(30)31)25-23(33)34-13-18-16-8-4-2-6-14(16)15-7-3-5-9-17(15)18/h2-9,18-19H,10-13H2,1H3,(H,24,32)(H,25,33)(H,30,31). The molecule has 176 valence electrons. The normalized spacial score (nSPS) is 13.0. The van der Waals surface area contributed by atoms with Crippen LogP contribution in [-0.2, 0) is 27.9 Å². The zero-order chi connectivity index (χ0) is 24.1. The average molecular weight is 464 g/mol. The van der Waals surface area contributed by atoms with Gasteiger partial charge in [0.25, 0.3) is 0 Å². The van der Waals surface area contributed by atoms with E-state index in [1.165, 1.54) is 4.68 Å². The van der Waals surface area contributed by atoms with Gasteiger partial charge in [0.15, 0.2) is 5.82 Å². The molecule has 0 saturated carbocycles. The van der Waals surface area contributed by atoms with Crippen molar-refractivity contribution in [1.29, 1.82) is 0 Å². The third kappa shape index (κ3) is 5.03. The van der Waals surface area contributed by atoms with Gasteiger partial charge in [-0.15, -0.1) is 5.10 Å². The van der Waals surface area contributed by atoms with Gasteiger partial charge in [-0.2, -0.15) is 0 Å². The number of alkyl carbamates (subject to hydrolysis) is 1. The molecule has 0 spiro atoms. The Balaban J connectivity index is 1.39. The van der Waals surface area contributed by atoms with Gasteiger partial charge in [-0.3, -0.25) is 9.59 Å². The number of hydrogen-bond donors (Lipinski definition) is 3. The highest BCUT2D eigenvalue weighted by molar-refractivity contribution is 5.86. The molecule has 1 unspecified atom stereocenters. The minimum atomic E-state index is -1.09. The van der Waals surface area contributed by atoms with E-state index in [2.05, 4.69) is 26.2 Å². The van der Waals surface area contributed by atoms with Gasteiger partial charge in [0, 0.05) is 19.4 Å². The SMILES string of the molecule is Cn1nnnc1CNC(=O)C(CCC(=O)O)NC(=O)OCC1c2ccccc2-c2ccccc21. The van der Waals surface area contributed by atoms with E-state index in [9.17, 15) is 14.4 Å². The molecule has 1 aromatic heterocycles. The van der Waals surface area contributed by atoms with Crippen molar-refractivity contribution >= 4 is 18.0 Å². The van der Waals surface area contributed by atoms with Crippen molar-refractivity contribution in [3.05, 3.63) is 65.5 Å². The summed E-state index contributed by atoms with van der Waals surface area (Å²) in [5, 5.41) is 25.1. The summed E-state index contributed by atoms with van der Waals surface area (Å²) in [6, 6.07) is 14.8. The summed E-state index contributed by atoms with van der Waals surface area (Å²) in [5.74, 6) is -1.36. The molecule has 1 atom stereocenters. The zero-order valence-electron chi connectivity index (χ0n) is 18.5. The van der Waals surface area contributed by atoms with Gasteiger partial charge >= 0.3 is 12.1 Å². The van der Waals surface area contributed by atoms with Crippen LogP contribution in [0.5, 0.6) is 0 Å². The van der Waals surface area contributed by atoms with Crippen LogP contribution in [0.4, 0.5) is 4.79 Å². The van der Waals surface area contributed by atoms with Gasteiger partial charge in [0.05, 0.1) is 6.54 Å². The lowest BCUT2D eigenvalue weighted by molar-refractivity contribution is -0.137. The van der Waals surface area contributed by atoms with Crippen molar-refractivity contribution < 1.29 is 24.2 Å². The summed E-state index contributed by atoms with van der Waals surface area (Å²) in [6.45, 7) is 0.107. The first kappa shape index (κ1) is 22.9. The summed E-state index contributed by atoms with van der Waals surface area (Å²) in [4.78, 5) is 36.2. The molecule has 1 aliphatic rings. The van der Waals surface area contributed by atoms with Crippen LogP contribution in [0.2, 0.25) is 0 Å². The fourth-order valence-electron chi connectivity index (χ4n) is 4.01. The lowest BCUT2D eigenvalue weighted by atomic mass is 9.98. The maximum atomic E-state index is 12.6. The largest absolute Gasteiger partial charge is 0.481 e. The van der Waals surface area contributed by atoms with Crippen molar-refractivity contribution in [1.82, 2.24) is 30.8 Å². The topological polar surface area (TPSA) is 148 Å². The number of amides is 2. The van der Waals surface area contributed by atoms with Crippen LogP contribution in [0.1, 0.15) is 35.7 Å². The van der Waals surface area contributed by atoms with E-state index >= 15 is 0 Å². The maximum absolute atomic E-state index is 12.6. The van der Waals surface area contributed by atoms with Gasteiger partial charge < -0.3 is 20.5 Å². The molecule has 11 nitrogen and oxygen atoms in total. The van der Waals surface area contributed by atoms with Crippen molar-refractivity contribution in [3.63, 3.8) is 0 Å². The number of rotatable bonds is 9. The fourth-order valence-corrected chi connectivity index (χ4v) is 4.01. The smallest absolute Gasteiger partial charge is 0.407 e. The monoisotopic (exact) mass is 464 g/mol. The number of nitrogens with zero attached hydrogens (tertiary/aromatic N) is 4. The molecule has 2 amide bonds. The predicted molar refractivity (Wildman–Crippen MR) is 120 cm³/mol. The summed E-state index contributed by atoms with van der Waals surface area (Å²) in [7, 11) is 1.62. The zero-order valence-corrected chi connectivity index (χ0v) is 18.5. The van der Waals surface area contributed by atoms with Gasteiger partial charge in [-0.1, -0.05) is 48.5 Å². The van der Waals surface area contributed by atoms with Crippen LogP contribution in [0.3, 0.4) is 0 Å². The quantitative estimate of drug-likeness (QED) is 0.432. The number of aliphatic carboxylic acids is 1. The van der Waals surface area contributed by atoms with Crippen LogP contribution in [0, 0.1) is 0 Å². The van der Waals surface area contributed by atoms with Crippen molar-refractivity contribution in [3.8, 4) is 11.1 Å². The number of carbonyl (C=O) groups excluding carboxylic acids is 2. The number of benzene rings is 2. The Morgan fingerprint density at radius 2 is 1.74 bits per heavy atom. The van der Waals surface area contributed by atoms with Gasteiger partial charge in [0.1, 0.15) is 12.6 Å². The Hall–Kier alpha value is -4.28. The van der Waals surface area contributed by atoms with Gasteiger partial charge in [-0.25, -0.2) is 9.48 Å². The lowest BCUT2D eigenvalue weighted by Crippen LogP contribution is -2.47. The first-order valence-electron chi connectivity index (χ1n) is 10.8. The predicted octanol–water partition coefficient (Wildman–Crippen LogP) is 1.60. The molecule has 4 rings (SSSR count). The minimum absolute atomic E-state index is 0.0261. The fraction of sp³-hybridized carbons (Fsp3) is 0.304. The Labute approximate surface area is 195 Å². The molecular formula is C23H24N6O5.